The zero-order chi connectivity index (χ0) is 14.1. The zero-order valence-corrected chi connectivity index (χ0v) is 13.2. The van der Waals surface area contributed by atoms with Crippen molar-refractivity contribution in [3.05, 3.63) is 57.1 Å². The molecule has 0 aliphatic carbocycles. The van der Waals surface area contributed by atoms with E-state index in [0.717, 1.165) is 21.6 Å². The quantitative estimate of drug-likeness (QED) is 0.741. The van der Waals surface area contributed by atoms with Crippen molar-refractivity contribution >= 4 is 50.5 Å². The Morgan fingerprint density at radius 3 is 2.60 bits per heavy atom. The third-order valence-corrected chi connectivity index (χ3v) is 3.62. The molecule has 1 N–H and O–H groups in total. The van der Waals surface area contributed by atoms with Crippen LogP contribution < -0.4 is 5.32 Å². The molecule has 0 saturated heterocycles. The Kier molecular flexibility index (Phi) is 3.83. The van der Waals surface area contributed by atoms with Crippen molar-refractivity contribution < 1.29 is 0 Å². The van der Waals surface area contributed by atoms with Crippen molar-refractivity contribution in [3.8, 4) is 0 Å². The van der Waals surface area contributed by atoms with Gasteiger partial charge in [-0.1, -0.05) is 23.2 Å². The molecule has 20 heavy (non-hydrogen) atoms. The second kappa shape index (κ2) is 5.60. The summed E-state index contributed by atoms with van der Waals surface area (Å²) in [5.41, 5.74) is 2.68. The summed E-state index contributed by atoms with van der Waals surface area (Å²) in [7, 11) is 0. The number of aromatic nitrogens is 3. The number of halogens is 3. The molecular formula is C13H9BrCl2N4. The molecule has 0 saturated carbocycles. The molecule has 4 nitrogen and oxygen atoms in total. The molecule has 0 atom stereocenters. The summed E-state index contributed by atoms with van der Waals surface area (Å²) < 4.78 is 2.73. The molecule has 0 radical (unpaired) electrons. The summed E-state index contributed by atoms with van der Waals surface area (Å²) in [5, 5.41) is 4.48. The molecule has 3 aromatic rings. The average Bonchev–Trinajstić information content (AvgIpc) is 2.77. The summed E-state index contributed by atoms with van der Waals surface area (Å²) in [6.07, 6.45) is 5.40. The number of nitrogens with one attached hydrogen (secondary N) is 1. The molecule has 0 amide bonds. The van der Waals surface area contributed by atoms with E-state index in [9.17, 15) is 0 Å². The first kappa shape index (κ1) is 13.7. The van der Waals surface area contributed by atoms with Crippen molar-refractivity contribution in [2.45, 2.75) is 6.54 Å². The number of benzene rings is 1. The monoisotopic (exact) mass is 370 g/mol. The predicted octanol–water partition coefficient (Wildman–Crippen LogP) is 4.41. The SMILES string of the molecule is Clc1cc(Cl)cc(NCc2cnc3cnc(Br)cn23)c1. The molecule has 2 aromatic heterocycles. The van der Waals surface area contributed by atoms with E-state index in [4.69, 9.17) is 23.2 Å². The second-order valence-electron chi connectivity index (χ2n) is 4.20. The molecule has 0 spiro atoms. The Labute approximate surface area is 133 Å². The smallest absolute Gasteiger partial charge is 0.155 e. The lowest BCUT2D eigenvalue weighted by Crippen LogP contribution is -2.03. The van der Waals surface area contributed by atoms with Gasteiger partial charge >= 0.3 is 0 Å². The Morgan fingerprint density at radius 1 is 1.10 bits per heavy atom. The van der Waals surface area contributed by atoms with Crippen LogP contribution in [-0.2, 0) is 6.54 Å². The normalized spacial score (nSPS) is 10.9. The van der Waals surface area contributed by atoms with E-state index < -0.39 is 0 Å². The third kappa shape index (κ3) is 2.90. The van der Waals surface area contributed by atoms with Crippen molar-refractivity contribution in [2.75, 3.05) is 5.32 Å². The predicted molar refractivity (Wildman–Crippen MR) is 84.5 cm³/mol. The van der Waals surface area contributed by atoms with Gasteiger partial charge < -0.3 is 5.32 Å². The summed E-state index contributed by atoms with van der Waals surface area (Å²) in [6.45, 7) is 0.605. The number of nitrogens with zero attached hydrogens (tertiary/aromatic N) is 3. The maximum absolute atomic E-state index is 5.97. The summed E-state index contributed by atoms with van der Waals surface area (Å²) in [5.74, 6) is 0. The van der Waals surface area contributed by atoms with Crippen LogP contribution in [0.4, 0.5) is 5.69 Å². The summed E-state index contributed by atoms with van der Waals surface area (Å²) in [6, 6.07) is 5.35. The first-order chi connectivity index (χ1) is 9.61. The van der Waals surface area contributed by atoms with Gasteiger partial charge in [-0.25, -0.2) is 9.97 Å². The molecule has 3 rings (SSSR count). The maximum atomic E-state index is 5.97. The molecule has 0 aliphatic heterocycles. The lowest BCUT2D eigenvalue weighted by atomic mass is 10.3. The Hall–Kier alpha value is -1.30. The fourth-order valence-corrected chi connectivity index (χ4v) is 2.73. The van der Waals surface area contributed by atoms with Crippen molar-refractivity contribution in [1.29, 1.82) is 0 Å². The standard InChI is InChI=1S/C13H9BrCl2N4/c14-12-7-20-11(5-19-13(20)6-18-12)4-17-10-2-8(15)1-9(16)3-10/h1-3,5-7,17H,4H2. The van der Waals surface area contributed by atoms with Gasteiger partial charge in [-0.3, -0.25) is 4.40 Å². The van der Waals surface area contributed by atoms with E-state index in [1.165, 1.54) is 0 Å². The molecule has 7 heteroatoms. The Balaban J connectivity index is 1.84. The molecule has 1 aromatic carbocycles. The van der Waals surface area contributed by atoms with E-state index in [2.05, 4.69) is 31.2 Å². The van der Waals surface area contributed by atoms with Gasteiger partial charge in [-0.15, -0.1) is 0 Å². The maximum Gasteiger partial charge on any atom is 0.155 e. The van der Waals surface area contributed by atoms with E-state index in [1.54, 1.807) is 12.3 Å². The van der Waals surface area contributed by atoms with Gasteiger partial charge in [-0.05, 0) is 34.1 Å². The fourth-order valence-electron chi connectivity index (χ4n) is 1.90. The van der Waals surface area contributed by atoms with Crippen LogP contribution in [0.1, 0.15) is 5.69 Å². The van der Waals surface area contributed by atoms with Crippen LogP contribution in [-0.4, -0.2) is 14.4 Å². The first-order valence-electron chi connectivity index (χ1n) is 5.79. The van der Waals surface area contributed by atoms with Crippen LogP contribution in [0.25, 0.3) is 5.65 Å². The van der Waals surface area contributed by atoms with Crippen LogP contribution in [0, 0.1) is 0 Å². The van der Waals surface area contributed by atoms with Gasteiger partial charge in [-0.2, -0.15) is 0 Å². The van der Waals surface area contributed by atoms with Crippen LogP contribution >= 0.6 is 39.1 Å². The number of imidazole rings is 1. The van der Waals surface area contributed by atoms with Crippen LogP contribution in [0.3, 0.4) is 0 Å². The first-order valence-corrected chi connectivity index (χ1v) is 7.34. The number of fused-ring (bicyclic) bond motifs is 1. The Bertz CT molecular complexity index is 752. The largest absolute Gasteiger partial charge is 0.379 e. The van der Waals surface area contributed by atoms with Gasteiger partial charge in [0.1, 0.15) is 4.60 Å². The van der Waals surface area contributed by atoms with Crippen molar-refractivity contribution in [2.24, 2.45) is 0 Å². The van der Waals surface area contributed by atoms with E-state index in [0.29, 0.717) is 16.6 Å². The van der Waals surface area contributed by atoms with Gasteiger partial charge in [0.2, 0.25) is 0 Å². The molecule has 102 valence electrons. The van der Waals surface area contributed by atoms with E-state index in [1.807, 2.05) is 28.9 Å². The molecule has 0 fully saturated rings. The van der Waals surface area contributed by atoms with Gasteiger partial charge in [0, 0.05) is 21.9 Å². The van der Waals surface area contributed by atoms with Crippen LogP contribution in [0.2, 0.25) is 10.0 Å². The number of hydrogen-bond donors (Lipinski definition) is 1. The summed E-state index contributed by atoms with van der Waals surface area (Å²) in [4.78, 5) is 8.43. The van der Waals surface area contributed by atoms with Crippen molar-refractivity contribution in [1.82, 2.24) is 14.4 Å². The minimum atomic E-state index is 0.602. The van der Waals surface area contributed by atoms with Gasteiger partial charge in [0.15, 0.2) is 5.65 Å². The van der Waals surface area contributed by atoms with Crippen LogP contribution in [0.5, 0.6) is 0 Å². The fraction of sp³-hybridized carbons (Fsp3) is 0.0769. The topological polar surface area (TPSA) is 42.2 Å². The highest BCUT2D eigenvalue weighted by Crippen LogP contribution is 2.23. The lowest BCUT2D eigenvalue weighted by molar-refractivity contribution is 0.983. The lowest BCUT2D eigenvalue weighted by Gasteiger charge is -2.07. The number of rotatable bonds is 3. The second-order valence-corrected chi connectivity index (χ2v) is 5.88. The molecule has 0 bridgehead atoms. The van der Waals surface area contributed by atoms with E-state index in [-0.39, 0.29) is 0 Å². The zero-order valence-electron chi connectivity index (χ0n) is 10.1. The number of anilines is 1. The Morgan fingerprint density at radius 2 is 1.85 bits per heavy atom. The van der Waals surface area contributed by atoms with Crippen LogP contribution in [0.15, 0.2) is 41.4 Å². The van der Waals surface area contributed by atoms with E-state index >= 15 is 0 Å². The molecule has 0 aliphatic rings. The average molecular weight is 372 g/mol. The molecular weight excluding hydrogens is 363 g/mol. The minimum Gasteiger partial charge on any atom is -0.379 e. The summed E-state index contributed by atoms with van der Waals surface area (Å²) >= 11 is 15.3. The minimum absolute atomic E-state index is 0.602. The van der Waals surface area contributed by atoms with Gasteiger partial charge in [0.25, 0.3) is 0 Å². The van der Waals surface area contributed by atoms with Gasteiger partial charge in [0.05, 0.1) is 24.6 Å². The highest BCUT2D eigenvalue weighted by molar-refractivity contribution is 9.10. The van der Waals surface area contributed by atoms with Crippen molar-refractivity contribution in [3.63, 3.8) is 0 Å². The highest BCUT2D eigenvalue weighted by atomic mass is 79.9. The molecule has 0 unspecified atom stereocenters. The highest BCUT2D eigenvalue weighted by Gasteiger charge is 2.05. The molecule has 2 heterocycles. The number of hydrogen-bond acceptors (Lipinski definition) is 3. The third-order valence-electron chi connectivity index (χ3n) is 2.78.